The summed E-state index contributed by atoms with van der Waals surface area (Å²) in [4.78, 5) is 58.5. The molecule has 5 atom stereocenters. The van der Waals surface area contributed by atoms with Crippen LogP contribution in [-0.2, 0) is 55.8 Å². The first-order valence-electron chi connectivity index (χ1n) is 36.8. The number of carbonyl (C=O) groups is 3. The van der Waals surface area contributed by atoms with Crippen LogP contribution in [-0.4, -0.2) is 95.9 Å². The van der Waals surface area contributed by atoms with E-state index in [1.165, 1.54) is 77.0 Å². The lowest BCUT2D eigenvalue weighted by atomic mass is 10.1. The number of ether oxygens (including phenoxy) is 3. The molecular formula is C77H132O16P2. The van der Waals surface area contributed by atoms with Gasteiger partial charge in [0.2, 0.25) is 0 Å². The van der Waals surface area contributed by atoms with Gasteiger partial charge in [0.05, 0.1) is 26.4 Å². The maximum atomic E-state index is 12.9. The van der Waals surface area contributed by atoms with Crippen LogP contribution in [0.3, 0.4) is 0 Å². The van der Waals surface area contributed by atoms with Crippen molar-refractivity contribution in [2.24, 2.45) is 0 Å². The van der Waals surface area contributed by atoms with Crippen molar-refractivity contribution in [1.29, 1.82) is 0 Å². The maximum absolute atomic E-state index is 12.9. The molecule has 5 unspecified atom stereocenters. The van der Waals surface area contributed by atoms with Crippen LogP contribution in [0.1, 0.15) is 290 Å². The zero-order chi connectivity index (χ0) is 69.5. The standard InChI is InChI=1S/C77H132O16P2/c1-4-7-10-13-16-19-22-25-27-29-31-33-34-35-36-38-40-41-43-46-48-51-54-57-60-63-75(80)87-66-72(78)67-89-94(83,84)90-68-73(79)69-91-95(85,86)92-71-74(93-77(82)65-62-59-56-53-50-45-24-21-18-15-12-9-6-3)70-88-76(81)64-61-58-55-52-49-47-44-42-39-37-32-30-28-26-23-20-17-14-11-8-5-2/h7,10,16-17,19-21,24-28,31-33,35-37,42,44,72-74,78-79H,4-6,8-9,11-15,18,22-23,29-30,34,38-41,43,45-71H2,1-3H3,(H,83,84)(H,85,86)/b10-7-,19-16-,20-17-,24-21-,27-25-,28-26-,33-31-,36-35-,37-32-,44-42-. The van der Waals surface area contributed by atoms with Crippen molar-refractivity contribution >= 4 is 33.6 Å². The van der Waals surface area contributed by atoms with Crippen LogP contribution in [0.5, 0.6) is 0 Å². The molecule has 0 fully saturated rings. The predicted molar refractivity (Wildman–Crippen MR) is 390 cm³/mol. The second-order valence-electron chi connectivity index (χ2n) is 24.4. The number of phosphoric acid groups is 2. The van der Waals surface area contributed by atoms with Gasteiger partial charge in [0.15, 0.2) is 6.10 Å². The number of hydrogen-bond acceptors (Lipinski definition) is 14. The van der Waals surface area contributed by atoms with Gasteiger partial charge in [-0.1, -0.05) is 258 Å². The van der Waals surface area contributed by atoms with E-state index in [1.807, 2.05) is 0 Å². The van der Waals surface area contributed by atoms with E-state index in [2.05, 4.69) is 142 Å². The van der Waals surface area contributed by atoms with Crippen molar-refractivity contribution in [2.75, 3.05) is 39.6 Å². The van der Waals surface area contributed by atoms with Crippen LogP contribution in [0.2, 0.25) is 0 Å². The summed E-state index contributed by atoms with van der Waals surface area (Å²) in [6.07, 6.45) is 81.0. The fraction of sp³-hybridized carbons (Fsp3) is 0.701. The molecule has 95 heavy (non-hydrogen) atoms. The highest BCUT2D eigenvalue weighted by Gasteiger charge is 2.29. The zero-order valence-electron chi connectivity index (χ0n) is 59.3. The zero-order valence-corrected chi connectivity index (χ0v) is 61.1. The van der Waals surface area contributed by atoms with E-state index in [9.17, 15) is 43.5 Å². The first-order chi connectivity index (χ1) is 46.2. The monoisotopic (exact) mass is 1370 g/mol. The number of hydrogen-bond donors (Lipinski definition) is 4. The first-order valence-corrected chi connectivity index (χ1v) is 39.8. The number of aliphatic hydroxyl groups is 2. The van der Waals surface area contributed by atoms with E-state index < -0.39 is 91.5 Å². The highest BCUT2D eigenvalue weighted by molar-refractivity contribution is 7.47. The average Bonchev–Trinajstić information content (AvgIpc) is 1.81. The number of aliphatic hydroxyl groups excluding tert-OH is 2. The van der Waals surface area contributed by atoms with Crippen molar-refractivity contribution in [1.82, 2.24) is 0 Å². The van der Waals surface area contributed by atoms with E-state index in [0.29, 0.717) is 19.3 Å². The molecule has 0 saturated carbocycles. The second kappa shape index (κ2) is 69.8. The summed E-state index contributed by atoms with van der Waals surface area (Å²) < 4.78 is 61.0. The lowest BCUT2D eigenvalue weighted by Crippen LogP contribution is -2.30. The fourth-order valence-electron chi connectivity index (χ4n) is 9.52. The van der Waals surface area contributed by atoms with Crippen molar-refractivity contribution in [3.63, 3.8) is 0 Å². The van der Waals surface area contributed by atoms with Gasteiger partial charge in [0.1, 0.15) is 25.4 Å². The fourth-order valence-corrected chi connectivity index (χ4v) is 11.1. The number of allylic oxidation sites excluding steroid dienone is 20. The highest BCUT2D eigenvalue weighted by atomic mass is 31.2. The Bertz CT molecular complexity index is 2210. The van der Waals surface area contributed by atoms with Crippen LogP contribution in [0, 0.1) is 0 Å². The molecule has 0 radical (unpaired) electrons. The van der Waals surface area contributed by atoms with E-state index in [4.69, 9.17) is 32.3 Å². The summed E-state index contributed by atoms with van der Waals surface area (Å²) in [6.45, 7) is 2.48. The second-order valence-corrected chi connectivity index (χ2v) is 27.3. The lowest BCUT2D eigenvalue weighted by Gasteiger charge is -2.21. The van der Waals surface area contributed by atoms with Gasteiger partial charge in [-0.2, -0.15) is 0 Å². The Balaban J connectivity index is 4.59. The number of unbranched alkanes of at least 4 members (excludes halogenated alkanes) is 26. The van der Waals surface area contributed by atoms with Crippen LogP contribution in [0.15, 0.2) is 122 Å². The molecular weight excluding hydrogens is 1240 g/mol. The largest absolute Gasteiger partial charge is 0.472 e. The number of rotatable bonds is 69. The third-order valence-electron chi connectivity index (χ3n) is 15.1. The number of esters is 3. The highest BCUT2D eigenvalue weighted by Crippen LogP contribution is 2.45. The Morgan fingerprint density at radius 3 is 0.916 bits per heavy atom. The van der Waals surface area contributed by atoms with Gasteiger partial charge in [0, 0.05) is 19.3 Å². The SMILES string of the molecule is CC/C=C\C/C=C\C/C=C\C/C=C\C/C=C\CCCCCCCCCCCC(=O)OCC(O)COP(=O)(O)OCC(O)COP(=O)(O)OCC(COC(=O)CCCCCCC/C=C\C/C=C\C/C=C\C/C=C\CCCCC)OC(=O)CCCCCCC/C=C\CCCCCC. The lowest BCUT2D eigenvalue weighted by molar-refractivity contribution is -0.161. The normalized spacial score (nSPS) is 14.8. The number of carbonyl (C=O) groups excluding carboxylic acids is 3. The Labute approximate surface area is 576 Å². The van der Waals surface area contributed by atoms with Gasteiger partial charge in [0.25, 0.3) is 0 Å². The minimum Gasteiger partial charge on any atom is -0.463 e. The third-order valence-corrected chi connectivity index (χ3v) is 17.0. The minimum absolute atomic E-state index is 0.0882. The van der Waals surface area contributed by atoms with E-state index in [0.717, 1.165) is 154 Å². The van der Waals surface area contributed by atoms with Crippen LogP contribution >= 0.6 is 15.6 Å². The Morgan fingerprint density at radius 2 is 0.558 bits per heavy atom. The molecule has 0 rings (SSSR count). The summed E-state index contributed by atoms with van der Waals surface area (Å²) in [5.74, 6) is -1.61. The van der Waals surface area contributed by atoms with Gasteiger partial charge < -0.3 is 34.2 Å². The molecule has 0 amide bonds. The van der Waals surface area contributed by atoms with E-state index >= 15 is 0 Å². The third kappa shape index (κ3) is 71.1. The summed E-state index contributed by atoms with van der Waals surface area (Å²) >= 11 is 0. The first kappa shape index (κ1) is 91.0. The van der Waals surface area contributed by atoms with Gasteiger partial charge in [-0.25, -0.2) is 9.13 Å². The average molecular weight is 1380 g/mol. The van der Waals surface area contributed by atoms with E-state index in [1.54, 1.807) is 0 Å². The quantitative estimate of drug-likeness (QED) is 0.0146. The van der Waals surface area contributed by atoms with Crippen molar-refractivity contribution in [2.45, 2.75) is 309 Å². The molecule has 16 nitrogen and oxygen atoms in total. The predicted octanol–water partition coefficient (Wildman–Crippen LogP) is 21.0. The summed E-state index contributed by atoms with van der Waals surface area (Å²) in [7, 11) is -9.79. The molecule has 0 saturated heterocycles. The Morgan fingerprint density at radius 1 is 0.305 bits per heavy atom. The molecule has 0 aromatic heterocycles. The molecule has 0 spiro atoms. The topological polar surface area (TPSA) is 231 Å². The van der Waals surface area contributed by atoms with Crippen molar-refractivity contribution < 1.29 is 75.8 Å². The maximum Gasteiger partial charge on any atom is 0.472 e. The van der Waals surface area contributed by atoms with Gasteiger partial charge in [-0.3, -0.25) is 32.5 Å². The van der Waals surface area contributed by atoms with Crippen molar-refractivity contribution in [3.05, 3.63) is 122 Å². The van der Waals surface area contributed by atoms with Crippen molar-refractivity contribution in [3.8, 4) is 0 Å². The van der Waals surface area contributed by atoms with Gasteiger partial charge in [-0.05, 0) is 135 Å². The van der Waals surface area contributed by atoms with Crippen LogP contribution < -0.4 is 0 Å². The van der Waals surface area contributed by atoms with E-state index in [-0.39, 0.29) is 19.3 Å². The molecule has 546 valence electrons. The summed E-state index contributed by atoms with van der Waals surface area (Å²) in [5.41, 5.74) is 0. The Hall–Kier alpha value is -4.05. The molecule has 0 aromatic carbocycles. The molecule has 0 bridgehead atoms. The molecule has 0 aromatic rings. The molecule has 4 N–H and O–H groups in total. The number of phosphoric ester groups is 2. The van der Waals surface area contributed by atoms with Gasteiger partial charge in [-0.15, -0.1) is 0 Å². The molecule has 0 aliphatic rings. The van der Waals surface area contributed by atoms with Gasteiger partial charge >= 0.3 is 33.6 Å². The smallest absolute Gasteiger partial charge is 0.463 e. The Kier molecular flexibility index (Phi) is 66.9. The van der Waals surface area contributed by atoms with Crippen LogP contribution in [0.25, 0.3) is 0 Å². The van der Waals surface area contributed by atoms with Crippen LogP contribution in [0.4, 0.5) is 0 Å². The minimum atomic E-state index is -4.93. The molecule has 18 heteroatoms. The summed E-state index contributed by atoms with van der Waals surface area (Å²) in [6, 6.07) is 0. The molecule has 0 aliphatic heterocycles. The summed E-state index contributed by atoms with van der Waals surface area (Å²) in [5, 5.41) is 20.6. The molecule has 0 heterocycles. The molecule has 0 aliphatic carbocycles.